The molecule has 0 saturated heterocycles. The van der Waals surface area contributed by atoms with E-state index in [9.17, 15) is 27.2 Å². The molecule has 18 heavy (non-hydrogen) atoms. The minimum atomic E-state index is -4.36. The normalized spacial score (nSPS) is 11.6. The van der Waals surface area contributed by atoms with Crippen molar-refractivity contribution in [3.05, 3.63) is 23.7 Å². The van der Waals surface area contributed by atoms with Crippen molar-refractivity contribution in [3.63, 3.8) is 0 Å². The van der Waals surface area contributed by atoms with Crippen molar-refractivity contribution < 1.29 is 36.7 Å². The summed E-state index contributed by atoms with van der Waals surface area (Å²) >= 11 is 0. The summed E-state index contributed by atoms with van der Waals surface area (Å²) in [5.74, 6) is -7.51. The number of aromatic carboxylic acids is 1. The molecule has 0 atom stereocenters. The van der Waals surface area contributed by atoms with Gasteiger partial charge >= 0.3 is 18.3 Å². The molecule has 0 bridgehead atoms. The zero-order valence-corrected chi connectivity index (χ0v) is 8.62. The fraction of sp³-hybridized carbons (Fsp3) is 0.333. The van der Waals surface area contributed by atoms with Crippen LogP contribution in [0.2, 0.25) is 0 Å². The fourth-order valence-electron chi connectivity index (χ4n) is 0.930. The molecule has 1 amide bonds. The van der Waals surface area contributed by atoms with Crippen LogP contribution in [0.15, 0.2) is 16.7 Å². The molecule has 0 unspecified atom stereocenters. The maximum Gasteiger partial charge on any atom is 0.338 e. The second-order valence-corrected chi connectivity index (χ2v) is 3.25. The highest BCUT2D eigenvalue weighted by molar-refractivity contribution is 5.95. The van der Waals surface area contributed by atoms with E-state index >= 15 is 0 Å². The van der Waals surface area contributed by atoms with E-state index in [0.29, 0.717) is 0 Å². The van der Waals surface area contributed by atoms with Gasteiger partial charge in [-0.15, -0.1) is 0 Å². The lowest BCUT2D eigenvalue weighted by Gasteiger charge is -2.14. The van der Waals surface area contributed by atoms with Crippen LogP contribution in [-0.4, -0.2) is 35.9 Å². The van der Waals surface area contributed by atoms with Crippen LogP contribution in [0.25, 0.3) is 0 Å². The van der Waals surface area contributed by atoms with Crippen molar-refractivity contribution in [1.82, 2.24) is 5.32 Å². The SMILES string of the molecule is O=C(O)c1coc(C(=O)NCC(F)(F)C(F)F)c1. The molecule has 0 radical (unpaired) electrons. The molecule has 0 aliphatic rings. The first kappa shape index (κ1) is 14.0. The van der Waals surface area contributed by atoms with Gasteiger partial charge in [-0.3, -0.25) is 4.79 Å². The smallest absolute Gasteiger partial charge is 0.338 e. The first-order valence-electron chi connectivity index (χ1n) is 4.50. The summed E-state index contributed by atoms with van der Waals surface area (Å²) in [6, 6.07) is 0.790. The van der Waals surface area contributed by atoms with Crippen LogP contribution < -0.4 is 5.32 Å². The number of carboxylic acid groups (broad SMARTS) is 1. The Labute approximate surface area is 97.4 Å². The van der Waals surface area contributed by atoms with E-state index in [1.165, 1.54) is 5.32 Å². The van der Waals surface area contributed by atoms with Crippen molar-refractivity contribution in [2.45, 2.75) is 12.3 Å². The number of carbonyl (C=O) groups is 2. The van der Waals surface area contributed by atoms with Crippen molar-refractivity contribution in [3.8, 4) is 0 Å². The molecule has 0 aliphatic heterocycles. The summed E-state index contributed by atoms with van der Waals surface area (Å²) in [6.45, 7) is -1.58. The average Bonchev–Trinajstić information content (AvgIpc) is 2.75. The van der Waals surface area contributed by atoms with Gasteiger partial charge in [0.2, 0.25) is 0 Å². The quantitative estimate of drug-likeness (QED) is 0.796. The first-order chi connectivity index (χ1) is 8.24. The van der Waals surface area contributed by atoms with E-state index in [1.54, 1.807) is 0 Å². The van der Waals surface area contributed by atoms with Crippen LogP contribution in [0.3, 0.4) is 0 Å². The van der Waals surface area contributed by atoms with Gasteiger partial charge in [0.15, 0.2) is 5.76 Å². The van der Waals surface area contributed by atoms with Crippen molar-refractivity contribution in [2.75, 3.05) is 6.54 Å². The first-order valence-corrected chi connectivity index (χ1v) is 4.50. The summed E-state index contributed by atoms with van der Waals surface area (Å²) in [7, 11) is 0. The second-order valence-electron chi connectivity index (χ2n) is 3.25. The van der Waals surface area contributed by atoms with E-state index in [4.69, 9.17) is 5.11 Å². The minimum absolute atomic E-state index is 0.360. The van der Waals surface area contributed by atoms with E-state index in [2.05, 4.69) is 4.42 Å². The standard InChI is InChI=1S/C9H7F4NO4/c10-8(11)9(12,13)3-14-6(15)5-1-4(2-18-5)7(16)17/h1-2,8H,3H2,(H,14,15)(H,16,17). The zero-order chi connectivity index (χ0) is 13.9. The van der Waals surface area contributed by atoms with Crippen LogP contribution in [0.1, 0.15) is 20.9 Å². The predicted molar refractivity (Wildman–Crippen MR) is 49.0 cm³/mol. The number of alkyl halides is 4. The highest BCUT2D eigenvalue weighted by Crippen LogP contribution is 2.21. The third kappa shape index (κ3) is 3.22. The Morgan fingerprint density at radius 1 is 1.44 bits per heavy atom. The lowest BCUT2D eigenvalue weighted by Crippen LogP contribution is -2.41. The Balaban J connectivity index is 2.63. The lowest BCUT2D eigenvalue weighted by atomic mass is 10.3. The maximum atomic E-state index is 12.5. The third-order valence-electron chi connectivity index (χ3n) is 1.87. The Hall–Kier alpha value is -2.06. The monoisotopic (exact) mass is 269 g/mol. The van der Waals surface area contributed by atoms with Crippen LogP contribution in [0, 0.1) is 0 Å². The van der Waals surface area contributed by atoms with Gasteiger partial charge in [-0.05, 0) is 0 Å². The van der Waals surface area contributed by atoms with E-state index < -0.39 is 36.5 Å². The molecule has 0 saturated carbocycles. The van der Waals surface area contributed by atoms with Crippen LogP contribution in [-0.2, 0) is 0 Å². The van der Waals surface area contributed by atoms with Crippen LogP contribution in [0.5, 0.6) is 0 Å². The number of halogens is 4. The summed E-state index contributed by atoms with van der Waals surface area (Å²) in [5, 5.41) is 10.0. The topological polar surface area (TPSA) is 79.5 Å². The number of furan rings is 1. The molecule has 1 aromatic rings. The molecule has 9 heteroatoms. The molecule has 0 aromatic carbocycles. The molecule has 0 aliphatic carbocycles. The molecule has 100 valence electrons. The molecular weight excluding hydrogens is 262 g/mol. The summed E-state index contributed by atoms with van der Waals surface area (Å²) in [6.07, 6.45) is -3.19. The lowest BCUT2D eigenvalue weighted by molar-refractivity contribution is -0.123. The van der Waals surface area contributed by atoms with E-state index in [1.807, 2.05) is 0 Å². The molecular formula is C9H7F4NO4. The van der Waals surface area contributed by atoms with E-state index in [-0.39, 0.29) is 5.56 Å². The fourth-order valence-corrected chi connectivity index (χ4v) is 0.930. The predicted octanol–water partition coefficient (Wildman–Crippen LogP) is 1.61. The number of nitrogens with one attached hydrogen (secondary N) is 1. The van der Waals surface area contributed by atoms with Gasteiger partial charge in [-0.25, -0.2) is 13.6 Å². The van der Waals surface area contributed by atoms with Gasteiger partial charge in [-0.2, -0.15) is 8.78 Å². The molecule has 2 N–H and O–H groups in total. The average molecular weight is 269 g/mol. The van der Waals surface area contributed by atoms with Gasteiger partial charge in [0, 0.05) is 6.07 Å². The molecule has 1 aromatic heterocycles. The van der Waals surface area contributed by atoms with Gasteiger partial charge in [0.1, 0.15) is 6.26 Å². The van der Waals surface area contributed by atoms with Crippen molar-refractivity contribution in [1.29, 1.82) is 0 Å². The summed E-state index contributed by atoms with van der Waals surface area (Å²) < 4.78 is 53.0. The molecule has 1 heterocycles. The van der Waals surface area contributed by atoms with Crippen LogP contribution in [0.4, 0.5) is 17.6 Å². The van der Waals surface area contributed by atoms with Gasteiger partial charge in [0.25, 0.3) is 5.91 Å². The minimum Gasteiger partial charge on any atom is -0.478 e. The number of rotatable bonds is 5. The highest BCUT2D eigenvalue weighted by atomic mass is 19.3. The Morgan fingerprint density at radius 2 is 2.06 bits per heavy atom. The number of carbonyl (C=O) groups excluding carboxylic acids is 1. The van der Waals surface area contributed by atoms with Crippen molar-refractivity contribution >= 4 is 11.9 Å². The Kier molecular flexibility index (Phi) is 3.94. The second kappa shape index (κ2) is 5.07. The zero-order valence-electron chi connectivity index (χ0n) is 8.62. The molecule has 1 rings (SSSR count). The van der Waals surface area contributed by atoms with Crippen LogP contribution >= 0.6 is 0 Å². The number of carboxylic acids is 1. The third-order valence-corrected chi connectivity index (χ3v) is 1.87. The molecule has 5 nitrogen and oxygen atoms in total. The number of hydrogen-bond acceptors (Lipinski definition) is 3. The summed E-state index contributed by atoms with van der Waals surface area (Å²) in [4.78, 5) is 21.6. The largest absolute Gasteiger partial charge is 0.478 e. The Morgan fingerprint density at radius 3 is 2.50 bits per heavy atom. The van der Waals surface area contributed by atoms with Gasteiger partial charge in [-0.1, -0.05) is 0 Å². The molecule has 0 fully saturated rings. The van der Waals surface area contributed by atoms with E-state index in [0.717, 1.165) is 12.3 Å². The Bertz CT molecular complexity index is 457. The number of hydrogen-bond donors (Lipinski definition) is 2. The van der Waals surface area contributed by atoms with Gasteiger partial charge in [0.05, 0.1) is 12.1 Å². The van der Waals surface area contributed by atoms with Gasteiger partial charge < -0.3 is 14.8 Å². The van der Waals surface area contributed by atoms with Crippen molar-refractivity contribution in [2.24, 2.45) is 0 Å². The number of amides is 1. The summed E-state index contributed by atoms with van der Waals surface area (Å²) in [5.41, 5.74) is -0.360. The highest BCUT2D eigenvalue weighted by Gasteiger charge is 2.41. The maximum absolute atomic E-state index is 12.5. The molecule has 0 spiro atoms.